The molecule has 1 heterocycles. The van der Waals surface area contributed by atoms with Crippen LogP contribution in [0.15, 0.2) is 0 Å². The minimum Gasteiger partial charge on any atom is -0.376 e. The molecule has 1 saturated heterocycles. The number of carbonyl (C=O) groups excluding carboxylic acids is 1. The van der Waals surface area contributed by atoms with Crippen molar-refractivity contribution >= 4 is 5.91 Å². The number of nitrogens with one attached hydrogen (secondary N) is 2. The number of hydrogen-bond donors (Lipinski definition) is 2. The van der Waals surface area contributed by atoms with Crippen molar-refractivity contribution in [2.45, 2.75) is 63.0 Å². The maximum atomic E-state index is 13.0. The van der Waals surface area contributed by atoms with Crippen LogP contribution in [0.1, 0.15) is 44.9 Å². The van der Waals surface area contributed by atoms with E-state index in [1.165, 1.54) is 25.7 Å². The summed E-state index contributed by atoms with van der Waals surface area (Å²) in [5.74, 6) is -3.12. The molecule has 0 bridgehead atoms. The number of carbonyl (C=O) groups is 1. The van der Waals surface area contributed by atoms with Crippen LogP contribution in [0.25, 0.3) is 0 Å². The number of alkyl halides is 2. The van der Waals surface area contributed by atoms with Crippen molar-refractivity contribution in [3.8, 4) is 0 Å². The lowest BCUT2D eigenvalue weighted by Gasteiger charge is -2.16. The smallest absolute Gasteiger partial charge is 0.262 e. The van der Waals surface area contributed by atoms with Gasteiger partial charge in [-0.3, -0.25) is 10.1 Å². The minimum absolute atomic E-state index is 0.295. The Kier molecular flexibility index (Phi) is 5.72. The van der Waals surface area contributed by atoms with E-state index < -0.39 is 24.9 Å². The quantitative estimate of drug-likeness (QED) is 0.600. The average Bonchev–Trinajstić information content (AvgIpc) is 2.63. The van der Waals surface area contributed by atoms with Gasteiger partial charge in [-0.1, -0.05) is 25.7 Å². The Morgan fingerprint density at radius 2 is 1.95 bits per heavy atom. The molecule has 2 rings (SSSR count). The molecule has 4 nitrogen and oxygen atoms in total. The Bertz CT molecular complexity index is 318. The fraction of sp³-hybridized carbons (Fsp3) is 0.929. The molecule has 1 unspecified atom stereocenters. The van der Waals surface area contributed by atoms with E-state index in [0.29, 0.717) is 19.3 Å². The summed E-state index contributed by atoms with van der Waals surface area (Å²) in [4.78, 5) is 11.7. The molecule has 1 aliphatic heterocycles. The molecule has 0 aromatic rings. The number of ether oxygens (including phenoxy) is 1. The number of rotatable bonds is 5. The van der Waals surface area contributed by atoms with Gasteiger partial charge in [0, 0.05) is 13.0 Å². The first-order valence-corrected chi connectivity index (χ1v) is 7.57. The third kappa shape index (κ3) is 4.98. The van der Waals surface area contributed by atoms with Gasteiger partial charge in [-0.15, -0.1) is 0 Å². The maximum Gasteiger partial charge on any atom is 0.262 e. The molecular formula is C14H24F2N2O2. The second kappa shape index (κ2) is 7.31. The Morgan fingerprint density at radius 1 is 1.25 bits per heavy atom. The highest BCUT2D eigenvalue weighted by Crippen LogP contribution is 2.25. The minimum atomic E-state index is -2.77. The number of hydrogen-bond acceptors (Lipinski definition) is 3. The zero-order valence-corrected chi connectivity index (χ0v) is 11.8. The molecule has 20 heavy (non-hydrogen) atoms. The van der Waals surface area contributed by atoms with Crippen LogP contribution in [0.4, 0.5) is 8.78 Å². The molecule has 6 heteroatoms. The van der Waals surface area contributed by atoms with Crippen molar-refractivity contribution in [1.82, 2.24) is 10.6 Å². The van der Waals surface area contributed by atoms with Crippen LogP contribution >= 0.6 is 0 Å². The van der Waals surface area contributed by atoms with Gasteiger partial charge in [0.25, 0.3) is 5.92 Å². The fourth-order valence-electron chi connectivity index (χ4n) is 2.83. The van der Waals surface area contributed by atoms with Gasteiger partial charge in [0.15, 0.2) is 0 Å². The topological polar surface area (TPSA) is 50.4 Å². The largest absolute Gasteiger partial charge is 0.376 e. The van der Waals surface area contributed by atoms with Gasteiger partial charge in [-0.2, -0.15) is 0 Å². The van der Waals surface area contributed by atoms with E-state index in [1.807, 2.05) is 0 Å². The van der Waals surface area contributed by atoms with Gasteiger partial charge in [0.1, 0.15) is 0 Å². The lowest BCUT2D eigenvalue weighted by molar-refractivity contribution is -0.123. The van der Waals surface area contributed by atoms with Crippen LogP contribution in [-0.2, 0) is 9.53 Å². The number of halogens is 2. The molecule has 0 radical (unpaired) electrons. The fourth-order valence-corrected chi connectivity index (χ4v) is 2.83. The summed E-state index contributed by atoms with van der Waals surface area (Å²) in [7, 11) is 0. The van der Waals surface area contributed by atoms with Gasteiger partial charge in [0.2, 0.25) is 5.91 Å². The molecule has 2 N–H and O–H groups in total. The van der Waals surface area contributed by atoms with E-state index in [-0.39, 0.29) is 5.91 Å². The van der Waals surface area contributed by atoms with E-state index in [2.05, 4.69) is 10.6 Å². The van der Waals surface area contributed by atoms with Crippen molar-refractivity contribution < 1.29 is 18.3 Å². The predicted octanol–water partition coefficient (Wildman–Crippen LogP) is 1.84. The lowest BCUT2D eigenvalue weighted by Crippen LogP contribution is -2.41. The zero-order valence-electron chi connectivity index (χ0n) is 11.8. The number of amides is 1. The Hall–Kier alpha value is -0.750. The molecule has 1 saturated carbocycles. The van der Waals surface area contributed by atoms with Crippen molar-refractivity contribution in [1.29, 1.82) is 0 Å². The van der Waals surface area contributed by atoms with Crippen molar-refractivity contribution in [3.63, 3.8) is 0 Å². The van der Waals surface area contributed by atoms with Gasteiger partial charge < -0.3 is 10.1 Å². The summed E-state index contributed by atoms with van der Waals surface area (Å²) in [6.07, 6.45) is 7.02. The summed E-state index contributed by atoms with van der Waals surface area (Å²) >= 11 is 0. The van der Waals surface area contributed by atoms with Crippen LogP contribution in [0.3, 0.4) is 0 Å². The third-order valence-electron chi connectivity index (χ3n) is 3.98. The van der Waals surface area contributed by atoms with E-state index in [4.69, 9.17) is 4.74 Å². The standard InChI is InChI=1S/C14H24F2N2O2/c15-14(16)9-12(18-10-14)13(19)17-7-8-20-11-5-3-1-2-4-6-11/h11-12,18H,1-10H2,(H,17,19). The third-order valence-corrected chi connectivity index (χ3v) is 3.98. The molecule has 1 amide bonds. The average molecular weight is 290 g/mol. The molecule has 2 fully saturated rings. The molecule has 116 valence electrons. The zero-order chi connectivity index (χ0) is 14.4. The van der Waals surface area contributed by atoms with E-state index in [1.54, 1.807) is 0 Å². The SMILES string of the molecule is O=C(NCCOC1CCCCCC1)C1CC(F)(F)CN1. The van der Waals surface area contributed by atoms with Crippen LogP contribution in [0.5, 0.6) is 0 Å². The predicted molar refractivity (Wildman–Crippen MR) is 71.8 cm³/mol. The van der Waals surface area contributed by atoms with Gasteiger partial charge in [-0.05, 0) is 12.8 Å². The maximum absolute atomic E-state index is 13.0. The summed E-state index contributed by atoms with van der Waals surface area (Å²) in [6, 6.07) is -0.775. The van der Waals surface area contributed by atoms with E-state index >= 15 is 0 Å². The van der Waals surface area contributed by atoms with E-state index in [9.17, 15) is 13.6 Å². The van der Waals surface area contributed by atoms with Crippen molar-refractivity contribution in [2.24, 2.45) is 0 Å². The second-order valence-corrected chi connectivity index (χ2v) is 5.77. The highest BCUT2D eigenvalue weighted by molar-refractivity contribution is 5.82. The summed E-state index contributed by atoms with van der Waals surface area (Å²) < 4.78 is 31.6. The molecule has 2 aliphatic rings. The van der Waals surface area contributed by atoms with Crippen molar-refractivity contribution in [3.05, 3.63) is 0 Å². The first-order valence-electron chi connectivity index (χ1n) is 7.57. The molecular weight excluding hydrogens is 266 g/mol. The van der Waals surface area contributed by atoms with Gasteiger partial charge in [0.05, 0.1) is 25.3 Å². The molecule has 0 spiro atoms. The highest BCUT2D eigenvalue weighted by Gasteiger charge is 2.42. The first kappa shape index (κ1) is 15.6. The van der Waals surface area contributed by atoms with Gasteiger partial charge >= 0.3 is 0 Å². The summed E-state index contributed by atoms with van der Waals surface area (Å²) in [5.41, 5.74) is 0. The van der Waals surface area contributed by atoms with Crippen LogP contribution in [0, 0.1) is 0 Å². The Labute approximate surface area is 118 Å². The Morgan fingerprint density at radius 3 is 2.55 bits per heavy atom. The second-order valence-electron chi connectivity index (χ2n) is 5.77. The molecule has 0 aromatic carbocycles. The van der Waals surface area contributed by atoms with Crippen LogP contribution < -0.4 is 10.6 Å². The van der Waals surface area contributed by atoms with E-state index in [0.717, 1.165) is 12.8 Å². The summed E-state index contributed by atoms with van der Waals surface area (Å²) in [5, 5.41) is 5.20. The molecule has 1 atom stereocenters. The van der Waals surface area contributed by atoms with Crippen LogP contribution in [-0.4, -0.2) is 43.7 Å². The lowest BCUT2D eigenvalue weighted by atomic mass is 10.1. The van der Waals surface area contributed by atoms with Crippen LogP contribution in [0.2, 0.25) is 0 Å². The first-order chi connectivity index (χ1) is 9.57. The van der Waals surface area contributed by atoms with Gasteiger partial charge in [-0.25, -0.2) is 8.78 Å². The van der Waals surface area contributed by atoms with Crippen molar-refractivity contribution in [2.75, 3.05) is 19.7 Å². The highest BCUT2D eigenvalue weighted by atomic mass is 19.3. The molecule has 0 aromatic heterocycles. The monoisotopic (exact) mass is 290 g/mol. The summed E-state index contributed by atoms with van der Waals surface area (Å²) in [6.45, 7) is 0.433. The molecule has 1 aliphatic carbocycles. The normalized spacial score (nSPS) is 27.2. The Balaban J connectivity index is 1.57.